The first-order chi connectivity index (χ1) is 19.1. The summed E-state index contributed by atoms with van der Waals surface area (Å²) >= 11 is 6.32. The molecule has 0 radical (unpaired) electrons. The first-order valence-corrected chi connectivity index (χ1v) is 13.7. The Labute approximate surface area is 237 Å². The number of hydrogen-bond acceptors (Lipinski definition) is 5. The number of nitrogens with zero attached hydrogens (tertiary/aromatic N) is 1. The molecule has 0 saturated carbocycles. The number of benzene rings is 4. The number of ether oxygens (including phenoxy) is 3. The van der Waals surface area contributed by atoms with Crippen LogP contribution in [-0.4, -0.2) is 45.4 Å². The zero-order chi connectivity index (χ0) is 27.5. The molecule has 0 aliphatic rings. The minimum atomic E-state index is 0.0366. The quantitative estimate of drug-likeness (QED) is 0.178. The van der Waals surface area contributed by atoms with Crippen LogP contribution in [0.4, 0.5) is 0 Å². The van der Waals surface area contributed by atoms with Gasteiger partial charge in [-0.25, -0.2) is 0 Å². The second kappa shape index (κ2) is 14.6. The lowest BCUT2D eigenvalue weighted by Gasteiger charge is -2.32. The summed E-state index contributed by atoms with van der Waals surface area (Å²) in [6.07, 6.45) is 1.61. The minimum Gasteiger partial charge on any atom is -0.497 e. The third kappa shape index (κ3) is 7.99. The summed E-state index contributed by atoms with van der Waals surface area (Å²) in [4.78, 5) is 2.42. The van der Waals surface area contributed by atoms with Crippen LogP contribution in [0.1, 0.15) is 34.7 Å². The van der Waals surface area contributed by atoms with E-state index in [-0.39, 0.29) is 6.04 Å². The Hall–Kier alpha value is -3.51. The fourth-order valence-electron chi connectivity index (χ4n) is 4.81. The van der Waals surface area contributed by atoms with Gasteiger partial charge < -0.3 is 19.9 Å². The van der Waals surface area contributed by atoms with Crippen LogP contribution in [0, 0.1) is 0 Å². The summed E-state index contributed by atoms with van der Waals surface area (Å²) in [6.45, 7) is 2.72. The average Bonchev–Trinajstić information content (AvgIpc) is 2.97. The van der Waals surface area contributed by atoms with E-state index in [0.29, 0.717) is 18.2 Å². The van der Waals surface area contributed by atoms with Crippen molar-refractivity contribution in [2.24, 2.45) is 5.73 Å². The van der Waals surface area contributed by atoms with Gasteiger partial charge >= 0.3 is 0 Å². The van der Waals surface area contributed by atoms with Gasteiger partial charge in [-0.2, -0.15) is 0 Å². The largest absolute Gasteiger partial charge is 0.497 e. The normalized spacial score (nSPS) is 11.1. The van der Waals surface area contributed by atoms with E-state index in [0.717, 1.165) is 48.7 Å². The lowest BCUT2D eigenvalue weighted by atomic mass is 9.96. The molecule has 6 heteroatoms. The summed E-state index contributed by atoms with van der Waals surface area (Å²) in [6, 6.07) is 32.8. The number of halogens is 1. The standard InChI is InChI=1S/C33H37ClN2O3/c1-37-30-14-9-26(10-15-30)33(27-11-16-31(38-2)17-12-27)36(21-19-35)20-6-22-39-32-18-13-29(34)24-28(32)23-25-7-4-3-5-8-25/h3-5,7-18,24,33H,6,19-23,35H2,1-2H3. The molecule has 0 aliphatic heterocycles. The topological polar surface area (TPSA) is 57.0 Å². The first kappa shape index (κ1) is 28.5. The Kier molecular flexibility index (Phi) is 10.7. The van der Waals surface area contributed by atoms with E-state index in [1.807, 2.05) is 48.5 Å². The average molecular weight is 545 g/mol. The van der Waals surface area contributed by atoms with Gasteiger partial charge in [-0.05, 0) is 71.1 Å². The maximum atomic E-state index is 6.32. The van der Waals surface area contributed by atoms with Crippen molar-refractivity contribution in [2.75, 3.05) is 40.5 Å². The van der Waals surface area contributed by atoms with Crippen molar-refractivity contribution < 1.29 is 14.2 Å². The van der Waals surface area contributed by atoms with Crippen molar-refractivity contribution in [3.05, 3.63) is 124 Å². The molecule has 4 rings (SSSR count). The minimum absolute atomic E-state index is 0.0366. The predicted octanol–water partition coefficient (Wildman–Crippen LogP) is 6.77. The molecule has 0 unspecified atom stereocenters. The molecule has 5 nitrogen and oxygen atoms in total. The highest BCUT2D eigenvalue weighted by atomic mass is 35.5. The molecule has 0 aliphatic carbocycles. The van der Waals surface area contributed by atoms with Crippen molar-refractivity contribution in [3.63, 3.8) is 0 Å². The first-order valence-electron chi connectivity index (χ1n) is 13.3. The third-order valence-electron chi connectivity index (χ3n) is 6.75. The van der Waals surface area contributed by atoms with E-state index in [2.05, 4.69) is 53.4 Å². The Morgan fingerprint density at radius 2 is 1.38 bits per heavy atom. The molecule has 0 amide bonds. The van der Waals surface area contributed by atoms with Crippen molar-refractivity contribution >= 4 is 11.6 Å². The highest BCUT2D eigenvalue weighted by Crippen LogP contribution is 2.31. The molecule has 0 heterocycles. The fourth-order valence-corrected chi connectivity index (χ4v) is 5.01. The highest BCUT2D eigenvalue weighted by Gasteiger charge is 2.22. The highest BCUT2D eigenvalue weighted by molar-refractivity contribution is 6.30. The smallest absolute Gasteiger partial charge is 0.122 e. The molecule has 4 aromatic rings. The van der Waals surface area contributed by atoms with Crippen molar-refractivity contribution in [3.8, 4) is 17.2 Å². The lowest BCUT2D eigenvalue weighted by Crippen LogP contribution is -2.35. The molecule has 0 atom stereocenters. The fraction of sp³-hybridized carbons (Fsp3) is 0.273. The second-order valence-corrected chi connectivity index (χ2v) is 9.83. The van der Waals surface area contributed by atoms with Crippen LogP contribution in [0.2, 0.25) is 5.02 Å². The Morgan fingerprint density at radius 1 is 0.769 bits per heavy atom. The zero-order valence-electron chi connectivity index (χ0n) is 22.7. The SMILES string of the molecule is COc1ccc(C(c2ccc(OC)cc2)N(CCN)CCCOc2ccc(Cl)cc2Cc2ccccc2)cc1. The van der Waals surface area contributed by atoms with Gasteiger partial charge in [0.05, 0.1) is 26.9 Å². The van der Waals surface area contributed by atoms with Crippen LogP contribution in [0.3, 0.4) is 0 Å². The molecule has 0 saturated heterocycles. The van der Waals surface area contributed by atoms with Gasteiger partial charge in [-0.1, -0.05) is 66.2 Å². The number of nitrogens with two attached hydrogens (primary N) is 1. The van der Waals surface area contributed by atoms with Crippen LogP contribution in [0.5, 0.6) is 17.2 Å². The van der Waals surface area contributed by atoms with E-state index in [1.165, 1.54) is 16.7 Å². The molecule has 2 N–H and O–H groups in total. The van der Waals surface area contributed by atoms with E-state index in [4.69, 9.17) is 31.5 Å². The molecule has 0 spiro atoms. The van der Waals surface area contributed by atoms with E-state index >= 15 is 0 Å². The molecule has 0 aromatic heterocycles. The molecular weight excluding hydrogens is 508 g/mol. The molecule has 0 bridgehead atoms. The monoisotopic (exact) mass is 544 g/mol. The lowest BCUT2D eigenvalue weighted by molar-refractivity contribution is 0.204. The number of rotatable bonds is 14. The van der Waals surface area contributed by atoms with Crippen molar-refractivity contribution in [1.82, 2.24) is 4.90 Å². The molecule has 39 heavy (non-hydrogen) atoms. The van der Waals surface area contributed by atoms with E-state index in [9.17, 15) is 0 Å². The molecule has 4 aromatic carbocycles. The maximum Gasteiger partial charge on any atom is 0.122 e. The number of hydrogen-bond donors (Lipinski definition) is 1. The van der Waals surface area contributed by atoms with Crippen LogP contribution in [0.15, 0.2) is 97.1 Å². The van der Waals surface area contributed by atoms with Gasteiger partial charge in [0, 0.05) is 31.1 Å². The summed E-state index contributed by atoms with van der Waals surface area (Å²) in [5.74, 6) is 2.54. The van der Waals surface area contributed by atoms with Gasteiger partial charge in [-0.15, -0.1) is 0 Å². The van der Waals surface area contributed by atoms with Gasteiger partial charge in [0.1, 0.15) is 17.2 Å². The van der Waals surface area contributed by atoms with Crippen LogP contribution in [-0.2, 0) is 6.42 Å². The van der Waals surface area contributed by atoms with Crippen LogP contribution >= 0.6 is 11.6 Å². The second-order valence-electron chi connectivity index (χ2n) is 9.39. The van der Waals surface area contributed by atoms with Gasteiger partial charge in [-0.3, -0.25) is 4.90 Å². The molecule has 204 valence electrons. The van der Waals surface area contributed by atoms with E-state index < -0.39 is 0 Å². The third-order valence-corrected chi connectivity index (χ3v) is 6.99. The maximum absolute atomic E-state index is 6.32. The van der Waals surface area contributed by atoms with Crippen LogP contribution in [0.25, 0.3) is 0 Å². The van der Waals surface area contributed by atoms with Gasteiger partial charge in [0.15, 0.2) is 0 Å². The Bertz CT molecular complexity index is 1230. The summed E-state index contributed by atoms with van der Waals surface area (Å²) in [5.41, 5.74) is 10.8. The zero-order valence-corrected chi connectivity index (χ0v) is 23.4. The summed E-state index contributed by atoms with van der Waals surface area (Å²) < 4.78 is 17.1. The Morgan fingerprint density at radius 3 is 1.95 bits per heavy atom. The molecular formula is C33H37ClN2O3. The molecule has 0 fully saturated rings. The summed E-state index contributed by atoms with van der Waals surface area (Å²) in [7, 11) is 3.37. The van der Waals surface area contributed by atoms with E-state index in [1.54, 1.807) is 14.2 Å². The van der Waals surface area contributed by atoms with Crippen LogP contribution < -0.4 is 19.9 Å². The predicted molar refractivity (Wildman–Crippen MR) is 159 cm³/mol. The van der Waals surface area contributed by atoms with Crippen molar-refractivity contribution in [2.45, 2.75) is 18.9 Å². The van der Waals surface area contributed by atoms with Gasteiger partial charge in [0.25, 0.3) is 0 Å². The number of methoxy groups -OCH3 is 2. The van der Waals surface area contributed by atoms with Crippen molar-refractivity contribution in [1.29, 1.82) is 0 Å². The Balaban J connectivity index is 1.48. The summed E-state index contributed by atoms with van der Waals surface area (Å²) in [5, 5.41) is 0.712. The van der Waals surface area contributed by atoms with Gasteiger partial charge in [0.2, 0.25) is 0 Å².